The predicted molar refractivity (Wildman–Crippen MR) is 83.7 cm³/mol. The molecular formula is C14H10N6OS. The second kappa shape index (κ2) is 5.08. The van der Waals surface area contributed by atoms with Gasteiger partial charge in [0.2, 0.25) is 0 Å². The number of aromatic amines is 2. The van der Waals surface area contributed by atoms with E-state index in [1.807, 2.05) is 17.5 Å². The van der Waals surface area contributed by atoms with Crippen LogP contribution in [0.25, 0.3) is 21.6 Å². The van der Waals surface area contributed by atoms with Crippen LogP contribution in [0.1, 0.15) is 10.4 Å². The minimum atomic E-state index is -0.242. The zero-order chi connectivity index (χ0) is 14.9. The van der Waals surface area contributed by atoms with E-state index in [2.05, 4.69) is 30.9 Å². The quantitative estimate of drug-likeness (QED) is 0.541. The van der Waals surface area contributed by atoms with E-state index in [1.165, 1.54) is 0 Å². The summed E-state index contributed by atoms with van der Waals surface area (Å²) in [5.41, 5.74) is 2.74. The van der Waals surface area contributed by atoms with E-state index in [-0.39, 0.29) is 5.91 Å². The van der Waals surface area contributed by atoms with E-state index in [1.54, 1.807) is 35.6 Å². The number of hydrogen-bond donors (Lipinski definition) is 3. The molecule has 0 saturated carbocycles. The van der Waals surface area contributed by atoms with Crippen molar-refractivity contribution in [2.45, 2.75) is 0 Å². The Morgan fingerprint density at radius 3 is 2.86 bits per heavy atom. The molecule has 7 nitrogen and oxygen atoms in total. The molecule has 108 valence electrons. The molecule has 4 rings (SSSR count). The van der Waals surface area contributed by atoms with Gasteiger partial charge in [0.1, 0.15) is 11.0 Å². The standard InChI is InChI=1S/C14H10N6OS/c21-14(8-3-4-9-10(6-8)18-20-17-9)15-13-7-11(16-19-13)12-2-1-5-22-12/h1-7H,(H,17,18,20)(H2,15,16,19,21). The number of fused-ring (bicyclic) bond motifs is 1. The molecule has 0 fully saturated rings. The zero-order valence-electron chi connectivity index (χ0n) is 11.2. The van der Waals surface area contributed by atoms with Gasteiger partial charge in [-0.1, -0.05) is 6.07 Å². The topological polar surface area (TPSA) is 99.4 Å². The van der Waals surface area contributed by atoms with Gasteiger partial charge in [0.15, 0.2) is 5.82 Å². The van der Waals surface area contributed by atoms with E-state index in [4.69, 9.17) is 0 Å². The van der Waals surface area contributed by atoms with Gasteiger partial charge in [-0.2, -0.15) is 20.5 Å². The Kier molecular flexibility index (Phi) is 2.94. The van der Waals surface area contributed by atoms with Crippen molar-refractivity contribution in [2.75, 3.05) is 5.32 Å². The number of aromatic nitrogens is 5. The molecule has 0 unspecified atom stereocenters. The first-order valence-electron chi connectivity index (χ1n) is 6.51. The van der Waals surface area contributed by atoms with Crippen LogP contribution in [-0.2, 0) is 0 Å². The third-order valence-electron chi connectivity index (χ3n) is 3.18. The summed E-state index contributed by atoms with van der Waals surface area (Å²) in [4.78, 5) is 13.3. The SMILES string of the molecule is O=C(Nc1cc(-c2cccs2)[nH]n1)c1ccc2n[nH]nc2c1. The lowest BCUT2D eigenvalue weighted by Gasteiger charge is -2.01. The van der Waals surface area contributed by atoms with Crippen molar-refractivity contribution in [3.8, 4) is 10.6 Å². The van der Waals surface area contributed by atoms with Crippen LogP contribution in [-0.4, -0.2) is 31.5 Å². The van der Waals surface area contributed by atoms with Crippen molar-refractivity contribution in [1.82, 2.24) is 25.6 Å². The average molecular weight is 310 g/mol. The number of nitrogens with one attached hydrogen (secondary N) is 3. The number of benzene rings is 1. The summed E-state index contributed by atoms with van der Waals surface area (Å²) >= 11 is 1.60. The maximum absolute atomic E-state index is 12.3. The molecule has 8 heteroatoms. The van der Waals surface area contributed by atoms with Gasteiger partial charge in [-0.3, -0.25) is 9.89 Å². The van der Waals surface area contributed by atoms with Gasteiger partial charge in [-0.05, 0) is 29.6 Å². The van der Waals surface area contributed by atoms with Crippen molar-refractivity contribution in [3.05, 3.63) is 47.3 Å². The van der Waals surface area contributed by atoms with E-state index in [9.17, 15) is 4.79 Å². The van der Waals surface area contributed by atoms with Gasteiger partial charge < -0.3 is 5.32 Å². The molecular weight excluding hydrogens is 300 g/mol. The predicted octanol–water partition coefficient (Wildman–Crippen LogP) is 2.66. The lowest BCUT2D eigenvalue weighted by atomic mass is 10.2. The van der Waals surface area contributed by atoms with Crippen LogP contribution in [0, 0.1) is 0 Å². The lowest BCUT2D eigenvalue weighted by molar-refractivity contribution is 0.102. The number of nitrogens with zero attached hydrogens (tertiary/aromatic N) is 3. The Labute approximate surface area is 128 Å². The highest BCUT2D eigenvalue weighted by Crippen LogP contribution is 2.24. The van der Waals surface area contributed by atoms with Gasteiger partial charge in [0.05, 0.1) is 10.6 Å². The second-order valence-electron chi connectivity index (χ2n) is 4.63. The summed E-state index contributed by atoms with van der Waals surface area (Å²) in [6.45, 7) is 0. The average Bonchev–Trinajstić information content (AvgIpc) is 3.27. The van der Waals surface area contributed by atoms with Gasteiger partial charge in [-0.15, -0.1) is 11.3 Å². The number of carbonyl (C=O) groups excluding carboxylic acids is 1. The molecule has 3 aromatic heterocycles. The van der Waals surface area contributed by atoms with Gasteiger partial charge in [-0.25, -0.2) is 0 Å². The largest absolute Gasteiger partial charge is 0.305 e. The van der Waals surface area contributed by atoms with Crippen LogP contribution in [0.2, 0.25) is 0 Å². The Hall–Kier alpha value is -3.00. The van der Waals surface area contributed by atoms with Gasteiger partial charge in [0.25, 0.3) is 5.91 Å². The van der Waals surface area contributed by atoms with Crippen LogP contribution < -0.4 is 5.32 Å². The van der Waals surface area contributed by atoms with Crippen LogP contribution in [0.4, 0.5) is 5.82 Å². The summed E-state index contributed by atoms with van der Waals surface area (Å²) in [6.07, 6.45) is 0. The molecule has 3 N–H and O–H groups in total. The van der Waals surface area contributed by atoms with Crippen molar-refractivity contribution in [3.63, 3.8) is 0 Å². The van der Waals surface area contributed by atoms with Crippen LogP contribution in [0.15, 0.2) is 41.8 Å². The van der Waals surface area contributed by atoms with Gasteiger partial charge >= 0.3 is 0 Å². The third-order valence-corrected chi connectivity index (χ3v) is 4.09. The van der Waals surface area contributed by atoms with Crippen molar-refractivity contribution < 1.29 is 4.79 Å². The molecule has 1 amide bonds. The Balaban J connectivity index is 1.56. The lowest BCUT2D eigenvalue weighted by Crippen LogP contribution is -2.12. The maximum atomic E-state index is 12.3. The Morgan fingerprint density at radius 2 is 2.00 bits per heavy atom. The Morgan fingerprint density at radius 1 is 1.09 bits per heavy atom. The first kappa shape index (κ1) is 12.7. The van der Waals surface area contributed by atoms with Crippen molar-refractivity contribution >= 4 is 34.1 Å². The van der Waals surface area contributed by atoms with Crippen molar-refractivity contribution in [1.29, 1.82) is 0 Å². The number of thiophene rings is 1. The summed E-state index contributed by atoms with van der Waals surface area (Å²) in [7, 11) is 0. The van der Waals surface area contributed by atoms with Crippen LogP contribution in [0.3, 0.4) is 0 Å². The molecule has 3 heterocycles. The maximum Gasteiger partial charge on any atom is 0.256 e. The zero-order valence-corrected chi connectivity index (χ0v) is 12.0. The molecule has 0 saturated heterocycles. The van der Waals surface area contributed by atoms with Crippen LogP contribution >= 0.6 is 11.3 Å². The highest BCUT2D eigenvalue weighted by atomic mass is 32.1. The molecule has 22 heavy (non-hydrogen) atoms. The van der Waals surface area contributed by atoms with Gasteiger partial charge in [0, 0.05) is 11.6 Å². The summed E-state index contributed by atoms with van der Waals surface area (Å²) in [5.74, 6) is 0.239. The molecule has 0 aliphatic heterocycles. The molecule has 1 aromatic carbocycles. The molecule has 0 aliphatic rings. The minimum absolute atomic E-state index is 0.242. The Bertz CT molecular complexity index is 939. The normalized spacial score (nSPS) is 10.9. The first-order chi connectivity index (χ1) is 10.8. The molecule has 0 spiro atoms. The molecule has 0 bridgehead atoms. The van der Waals surface area contributed by atoms with E-state index < -0.39 is 0 Å². The number of rotatable bonds is 3. The number of hydrogen-bond acceptors (Lipinski definition) is 5. The summed E-state index contributed by atoms with van der Waals surface area (Å²) < 4.78 is 0. The fourth-order valence-corrected chi connectivity index (χ4v) is 2.81. The molecule has 0 atom stereocenters. The molecule has 0 radical (unpaired) electrons. The first-order valence-corrected chi connectivity index (χ1v) is 7.39. The number of H-pyrrole nitrogens is 2. The molecule has 4 aromatic rings. The number of carbonyl (C=O) groups is 1. The smallest absolute Gasteiger partial charge is 0.256 e. The highest BCUT2D eigenvalue weighted by molar-refractivity contribution is 7.13. The van der Waals surface area contributed by atoms with E-state index >= 15 is 0 Å². The number of anilines is 1. The fourth-order valence-electron chi connectivity index (χ4n) is 2.11. The summed E-state index contributed by atoms with van der Waals surface area (Å²) in [6, 6.07) is 10.9. The highest BCUT2D eigenvalue weighted by Gasteiger charge is 2.11. The summed E-state index contributed by atoms with van der Waals surface area (Å²) in [5, 5.41) is 22.2. The molecule has 0 aliphatic carbocycles. The third kappa shape index (κ3) is 2.25. The van der Waals surface area contributed by atoms with E-state index in [0.717, 1.165) is 16.1 Å². The van der Waals surface area contributed by atoms with Crippen molar-refractivity contribution in [2.24, 2.45) is 0 Å². The van der Waals surface area contributed by atoms with Crippen LogP contribution in [0.5, 0.6) is 0 Å². The second-order valence-corrected chi connectivity index (χ2v) is 5.57. The monoisotopic (exact) mass is 310 g/mol. The van der Waals surface area contributed by atoms with E-state index in [0.29, 0.717) is 16.9 Å². The minimum Gasteiger partial charge on any atom is -0.305 e. The fraction of sp³-hybridized carbons (Fsp3) is 0. The number of amides is 1.